The lowest BCUT2D eigenvalue weighted by molar-refractivity contribution is -0.145. The van der Waals surface area contributed by atoms with Gasteiger partial charge in [-0.1, -0.05) is 25.7 Å². The number of ether oxygens (including phenoxy) is 1. The molecule has 3 fully saturated rings. The smallest absolute Gasteiger partial charge is 0.329 e. The van der Waals surface area contributed by atoms with E-state index in [4.69, 9.17) is 4.74 Å². The summed E-state index contributed by atoms with van der Waals surface area (Å²) in [6.07, 6.45) is 7.14. The van der Waals surface area contributed by atoms with Gasteiger partial charge in [-0.25, -0.2) is 9.59 Å². The normalized spacial score (nSPS) is 31.5. The molecule has 0 aromatic heterocycles. The molecule has 2 aliphatic heterocycles. The summed E-state index contributed by atoms with van der Waals surface area (Å²) < 4.78 is 5.72. The van der Waals surface area contributed by atoms with E-state index in [1.165, 1.54) is 0 Å². The van der Waals surface area contributed by atoms with Crippen molar-refractivity contribution < 1.29 is 19.4 Å². The predicted octanol–water partition coefficient (Wildman–Crippen LogP) is 1.74. The average molecular weight is 296 g/mol. The number of hydrogen-bond donors (Lipinski definition) is 2. The zero-order chi connectivity index (χ0) is 14.9. The van der Waals surface area contributed by atoms with Crippen molar-refractivity contribution in [2.24, 2.45) is 0 Å². The van der Waals surface area contributed by atoms with Crippen LogP contribution in [0.3, 0.4) is 0 Å². The number of morpholine rings is 1. The number of carbonyl (C=O) groups excluding carboxylic acids is 1. The molecule has 2 saturated heterocycles. The minimum absolute atomic E-state index is 0.129. The summed E-state index contributed by atoms with van der Waals surface area (Å²) >= 11 is 0. The lowest BCUT2D eigenvalue weighted by Crippen LogP contribution is -2.60. The Morgan fingerprint density at radius 2 is 1.62 bits per heavy atom. The van der Waals surface area contributed by atoms with Gasteiger partial charge in [-0.15, -0.1) is 0 Å². The number of fused-ring (bicyclic) bond motifs is 2. The van der Waals surface area contributed by atoms with Gasteiger partial charge in [0.15, 0.2) is 0 Å². The Morgan fingerprint density at radius 3 is 2.14 bits per heavy atom. The van der Waals surface area contributed by atoms with Gasteiger partial charge in [-0.2, -0.15) is 0 Å². The molecule has 6 heteroatoms. The monoisotopic (exact) mass is 296 g/mol. The molecule has 0 radical (unpaired) electrons. The van der Waals surface area contributed by atoms with Crippen LogP contribution < -0.4 is 5.32 Å². The first-order chi connectivity index (χ1) is 10.1. The van der Waals surface area contributed by atoms with Gasteiger partial charge in [0.25, 0.3) is 0 Å². The maximum absolute atomic E-state index is 12.5. The van der Waals surface area contributed by atoms with E-state index in [-0.39, 0.29) is 18.2 Å². The fourth-order valence-electron chi connectivity index (χ4n) is 3.79. The van der Waals surface area contributed by atoms with Crippen LogP contribution in [-0.2, 0) is 9.53 Å². The van der Waals surface area contributed by atoms with Gasteiger partial charge >= 0.3 is 12.0 Å². The van der Waals surface area contributed by atoms with Gasteiger partial charge in [0.05, 0.1) is 12.2 Å². The summed E-state index contributed by atoms with van der Waals surface area (Å²) in [7, 11) is 0. The largest absolute Gasteiger partial charge is 0.480 e. The first kappa shape index (κ1) is 14.6. The highest BCUT2D eigenvalue weighted by Gasteiger charge is 2.43. The maximum atomic E-state index is 12.5. The van der Waals surface area contributed by atoms with E-state index in [0.717, 1.165) is 38.5 Å². The number of carbonyl (C=O) groups is 2. The molecule has 21 heavy (non-hydrogen) atoms. The van der Waals surface area contributed by atoms with Gasteiger partial charge in [0, 0.05) is 13.1 Å². The predicted molar refractivity (Wildman–Crippen MR) is 76.1 cm³/mol. The molecule has 1 aliphatic carbocycles. The first-order valence-corrected chi connectivity index (χ1v) is 8.05. The molecule has 6 nitrogen and oxygen atoms in total. The number of nitrogens with one attached hydrogen (secondary N) is 1. The number of rotatable bonds is 2. The van der Waals surface area contributed by atoms with Crippen molar-refractivity contribution in [3.63, 3.8) is 0 Å². The Balaban J connectivity index is 1.67. The van der Waals surface area contributed by atoms with E-state index < -0.39 is 11.5 Å². The van der Waals surface area contributed by atoms with Crippen LogP contribution >= 0.6 is 0 Å². The number of aliphatic carboxylic acids is 1. The van der Waals surface area contributed by atoms with Crippen molar-refractivity contribution in [1.82, 2.24) is 10.2 Å². The highest BCUT2D eigenvalue weighted by molar-refractivity contribution is 5.86. The molecule has 1 saturated carbocycles. The Labute approximate surface area is 124 Å². The number of nitrogens with zero attached hydrogens (tertiary/aromatic N) is 1. The van der Waals surface area contributed by atoms with Crippen LogP contribution in [0.1, 0.15) is 51.4 Å². The lowest BCUT2D eigenvalue weighted by atomic mass is 9.90. The molecule has 0 aromatic carbocycles. The topological polar surface area (TPSA) is 78.9 Å². The second kappa shape index (κ2) is 5.83. The fourth-order valence-corrected chi connectivity index (χ4v) is 3.79. The number of likely N-dealkylation sites (tertiary alicyclic amines) is 1. The summed E-state index contributed by atoms with van der Waals surface area (Å²) in [5, 5.41) is 12.5. The summed E-state index contributed by atoms with van der Waals surface area (Å²) in [6.45, 7) is 1.16. The third kappa shape index (κ3) is 3.00. The fraction of sp³-hybridized carbons (Fsp3) is 0.867. The summed E-state index contributed by atoms with van der Waals surface area (Å²) in [6, 6.07) is -0.237. The molecular weight excluding hydrogens is 272 g/mol. The lowest BCUT2D eigenvalue weighted by Gasteiger charge is -2.36. The van der Waals surface area contributed by atoms with Crippen LogP contribution in [0.15, 0.2) is 0 Å². The van der Waals surface area contributed by atoms with Gasteiger partial charge in [0.2, 0.25) is 0 Å². The minimum Gasteiger partial charge on any atom is -0.480 e. The summed E-state index contributed by atoms with van der Waals surface area (Å²) in [4.78, 5) is 26.0. The zero-order valence-corrected chi connectivity index (χ0v) is 12.3. The highest BCUT2D eigenvalue weighted by Crippen LogP contribution is 2.29. The van der Waals surface area contributed by atoms with Crippen molar-refractivity contribution >= 4 is 12.0 Å². The van der Waals surface area contributed by atoms with E-state index in [9.17, 15) is 14.7 Å². The SMILES string of the molecule is O=C(NC1(C(=O)O)CCCCCC1)N1CC2CCC(C1)O2. The number of amides is 2. The minimum atomic E-state index is -1.08. The molecule has 2 amide bonds. The molecule has 0 aromatic rings. The highest BCUT2D eigenvalue weighted by atomic mass is 16.5. The van der Waals surface area contributed by atoms with Gasteiger partial charge in [-0.05, 0) is 25.7 Å². The van der Waals surface area contributed by atoms with Crippen LogP contribution in [0, 0.1) is 0 Å². The van der Waals surface area contributed by atoms with Crippen molar-refractivity contribution in [2.75, 3.05) is 13.1 Å². The number of hydrogen-bond acceptors (Lipinski definition) is 3. The quantitative estimate of drug-likeness (QED) is 0.761. The molecule has 3 rings (SSSR count). The van der Waals surface area contributed by atoms with Crippen molar-refractivity contribution in [2.45, 2.75) is 69.1 Å². The van der Waals surface area contributed by atoms with Crippen LogP contribution in [0.4, 0.5) is 4.79 Å². The maximum Gasteiger partial charge on any atom is 0.329 e. The van der Waals surface area contributed by atoms with Gasteiger partial charge in [0.1, 0.15) is 5.54 Å². The number of carboxylic acid groups (broad SMARTS) is 1. The van der Waals surface area contributed by atoms with Crippen molar-refractivity contribution in [3.8, 4) is 0 Å². The van der Waals surface area contributed by atoms with E-state index >= 15 is 0 Å². The molecule has 118 valence electrons. The summed E-state index contributed by atoms with van der Waals surface area (Å²) in [5.74, 6) is -0.894. The second-order valence-corrected chi connectivity index (χ2v) is 6.59. The van der Waals surface area contributed by atoms with Crippen LogP contribution in [0.2, 0.25) is 0 Å². The molecule has 2 atom stereocenters. The number of carboxylic acids is 1. The molecule has 2 heterocycles. The Morgan fingerprint density at radius 1 is 1.05 bits per heavy atom. The standard InChI is InChI=1S/C15H24N2O4/c18-13(19)15(7-3-1-2-4-8-15)16-14(20)17-9-11-5-6-12(10-17)21-11/h11-12H,1-10H2,(H,16,20)(H,18,19). The number of urea groups is 1. The van der Waals surface area contributed by atoms with Crippen molar-refractivity contribution in [1.29, 1.82) is 0 Å². The molecule has 2 unspecified atom stereocenters. The molecule has 0 spiro atoms. The van der Waals surface area contributed by atoms with Crippen LogP contribution in [0.25, 0.3) is 0 Å². The van der Waals surface area contributed by atoms with E-state index in [0.29, 0.717) is 25.9 Å². The second-order valence-electron chi connectivity index (χ2n) is 6.59. The third-order valence-corrected chi connectivity index (χ3v) is 5.04. The van der Waals surface area contributed by atoms with E-state index in [2.05, 4.69) is 5.32 Å². The van der Waals surface area contributed by atoms with E-state index in [1.807, 2.05) is 0 Å². The van der Waals surface area contributed by atoms with Crippen LogP contribution in [0.5, 0.6) is 0 Å². The zero-order valence-electron chi connectivity index (χ0n) is 12.3. The Kier molecular flexibility index (Phi) is 4.06. The molecule has 2 N–H and O–H groups in total. The molecular formula is C15H24N2O4. The Bertz CT molecular complexity index is 406. The Hall–Kier alpha value is -1.30. The van der Waals surface area contributed by atoms with Crippen LogP contribution in [-0.4, -0.2) is 52.8 Å². The van der Waals surface area contributed by atoms with Gasteiger partial charge in [-0.3, -0.25) is 0 Å². The van der Waals surface area contributed by atoms with Gasteiger partial charge < -0.3 is 20.1 Å². The third-order valence-electron chi connectivity index (χ3n) is 5.04. The molecule has 2 bridgehead atoms. The average Bonchev–Trinajstić information content (AvgIpc) is 2.67. The first-order valence-electron chi connectivity index (χ1n) is 8.05. The van der Waals surface area contributed by atoms with E-state index in [1.54, 1.807) is 4.90 Å². The van der Waals surface area contributed by atoms with Crippen molar-refractivity contribution in [3.05, 3.63) is 0 Å². The summed E-state index contributed by atoms with van der Waals surface area (Å²) in [5.41, 5.74) is -1.08. The molecule has 3 aliphatic rings.